The van der Waals surface area contributed by atoms with E-state index in [4.69, 9.17) is 4.74 Å². The predicted molar refractivity (Wildman–Crippen MR) is 115 cm³/mol. The molecule has 2 aromatic heterocycles. The van der Waals surface area contributed by atoms with Crippen molar-refractivity contribution in [3.63, 3.8) is 0 Å². The smallest absolute Gasteiger partial charge is 0.408 e. The molecule has 0 spiro atoms. The highest BCUT2D eigenvalue weighted by molar-refractivity contribution is 5.42. The molecule has 5 rings (SSSR count). The van der Waals surface area contributed by atoms with Crippen LogP contribution in [0.4, 0.5) is 33.7 Å². The molecule has 1 saturated carbocycles. The summed E-state index contributed by atoms with van der Waals surface area (Å²) in [5.41, 5.74) is 0.868. The molecule has 0 unspecified atom stereocenters. The summed E-state index contributed by atoms with van der Waals surface area (Å²) in [6, 6.07) is 3.70. The monoisotopic (exact) mass is 495 g/mol. The van der Waals surface area contributed by atoms with E-state index < -0.39 is 30.4 Å². The highest BCUT2D eigenvalue weighted by atomic mass is 19.4. The highest BCUT2D eigenvalue weighted by Gasteiger charge is 2.43. The van der Waals surface area contributed by atoms with Crippen molar-refractivity contribution in [1.82, 2.24) is 24.7 Å². The first-order valence-electron chi connectivity index (χ1n) is 11.1. The molecule has 186 valence electrons. The number of nitrogens with zero attached hydrogens (tertiary/aromatic N) is 6. The number of rotatable bonds is 6. The zero-order valence-electron chi connectivity index (χ0n) is 18.6. The van der Waals surface area contributed by atoms with Crippen LogP contribution in [-0.4, -0.2) is 50.0 Å². The van der Waals surface area contributed by atoms with Gasteiger partial charge < -0.3 is 15.0 Å². The molecule has 1 aliphatic carbocycles. The first-order valence-corrected chi connectivity index (χ1v) is 11.1. The number of aryl methyl sites for hydroxylation is 1. The average molecular weight is 495 g/mol. The number of hydrogen-bond donors (Lipinski definition) is 1. The summed E-state index contributed by atoms with van der Waals surface area (Å²) in [5, 5.41) is 7.13. The van der Waals surface area contributed by atoms with E-state index in [0.717, 1.165) is 49.6 Å². The fourth-order valence-electron chi connectivity index (χ4n) is 4.84. The van der Waals surface area contributed by atoms with E-state index in [1.807, 2.05) is 13.0 Å². The van der Waals surface area contributed by atoms with Crippen LogP contribution >= 0.6 is 0 Å². The van der Waals surface area contributed by atoms with Crippen molar-refractivity contribution in [3.8, 4) is 11.8 Å². The van der Waals surface area contributed by atoms with E-state index in [0.29, 0.717) is 10.7 Å². The molecule has 2 aliphatic rings. The number of halogens is 5. The van der Waals surface area contributed by atoms with Gasteiger partial charge in [-0.05, 0) is 31.6 Å². The lowest BCUT2D eigenvalue weighted by atomic mass is 9.92. The van der Waals surface area contributed by atoms with Crippen LogP contribution in [0, 0.1) is 30.4 Å². The fraction of sp³-hybridized carbons (Fsp3) is 0.455. The summed E-state index contributed by atoms with van der Waals surface area (Å²) >= 11 is 0. The maximum absolute atomic E-state index is 13.5. The summed E-state index contributed by atoms with van der Waals surface area (Å²) in [6.45, 7) is 1.88. The molecule has 1 N–H and O–H groups in total. The van der Waals surface area contributed by atoms with Gasteiger partial charge in [0.1, 0.15) is 36.1 Å². The van der Waals surface area contributed by atoms with E-state index in [1.54, 1.807) is 0 Å². The van der Waals surface area contributed by atoms with Gasteiger partial charge in [0.2, 0.25) is 5.95 Å². The normalized spacial score (nSPS) is 21.9. The molecule has 13 heteroatoms. The first-order chi connectivity index (χ1) is 16.6. The van der Waals surface area contributed by atoms with Crippen molar-refractivity contribution in [2.45, 2.75) is 38.5 Å². The molecule has 1 aliphatic heterocycles. The number of piperidine rings is 1. The molecule has 3 aromatic rings. The third kappa shape index (κ3) is 5.28. The molecule has 8 nitrogen and oxygen atoms in total. The zero-order valence-corrected chi connectivity index (χ0v) is 18.6. The predicted octanol–water partition coefficient (Wildman–Crippen LogP) is 4.34. The highest BCUT2D eigenvalue weighted by Crippen LogP contribution is 2.40. The van der Waals surface area contributed by atoms with Crippen LogP contribution in [0.1, 0.15) is 18.5 Å². The Hall–Kier alpha value is -3.51. The van der Waals surface area contributed by atoms with Crippen LogP contribution in [0.25, 0.3) is 0 Å². The third-order valence-corrected chi connectivity index (χ3v) is 6.25. The molecule has 0 radical (unpaired) electrons. The van der Waals surface area contributed by atoms with Crippen molar-refractivity contribution in [2.24, 2.45) is 11.8 Å². The number of hydrogen-bond acceptors (Lipinski definition) is 7. The Morgan fingerprint density at radius 2 is 1.71 bits per heavy atom. The maximum Gasteiger partial charge on any atom is 0.408 e. The van der Waals surface area contributed by atoms with Gasteiger partial charge in [0.25, 0.3) is 0 Å². The average Bonchev–Trinajstić information content (AvgIpc) is 3.20. The van der Waals surface area contributed by atoms with Gasteiger partial charge in [-0.15, -0.1) is 5.10 Å². The Labute approximate surface area is 197 Å². The van der Waals surface area contributed by atoms with Gasteiger partial charge >= 0.3 is 12.2 Å². The number of nitrogens with one attached hydrogen (secondary N) is 1. The van der Waals surface area contributed by atoms with Gasteiger partial charge in [-0.2, -0.15) is 18.2 Å². The Bertz CT molecular complexity index is 1180. The number of ether oxygens (including phenoxy) is 1. The number of fused-ring (bicyclic) bond motifs is 2. The Balaban J connectivity index is 1.35. The zero-order chi connectivity index (χ0) is 24.7. The molecular formula is C22H22F5N7O. The Morgan fingerprint density at radius 1 is 1.03 bits per heavy atom. The summed E-state index contributed by atoms with van der Waals surface area (Å²) in [5.74, 6) is -0.948. The lowest BCUT2D eigenvalue weighted by molar-refractivity contribution is -0.143. The lowest BCUT2D eigenvalue weighted by Gasteiger charge is -2.38. The fourth-order valence-corrected chi connectivity index (χ4v) is 4.84. The molecule has 35 heavy (non-hydrogen) atoms. The van der Waals surface area contributed by atoms with Crippen LogP contribution in [0.15, 0.2) is 30.6 Å². The second-order valence-electron chi connectivity index (χ2n) is 8.89. The SMILES string of the molecule is Cc1cc(N2C[C@H]3CC[C@@H](C2)[C@@H]3Nc2nc(Oc3cc(F)cc(F)c3)n(CC(F)(F)F)n2)ncn1. The summed E-state index contributed by atoms with van der Waals surface area (Å²) in [6.07, 6.45) is -1.19. The van der Waals surface area contributed by atoms with Crippen LogP contribution in [-0.2, 0) is 6.54 Å². The molecular weight excluding hydrogens is 473 g/mol. The minimum atomic E-state index is -4.60. The van der Waals surface area contributed by atoms with Crippen molar-refractivity contribution < 1.29 is 26.7 Å². The van der Waals surface area contributed by atoms with E-state index in [2.05, 4.69) is 30.3 Å². The number of benzene rings is 1. The first kappa shape index (κ1) is 23.2. The largest absolute Gasteiger partial charge is 0.424 e. The Kier molecular flexibility index (Phi) is 5.93. The summed E-state index contributed by atoms with van der Waals surface area (Å²) in [4.78, 5) is 14.8. The molecule has 3 heterocycles. The molecule has 1 aromatic carbocycles. The van der Waals surface area contributed by atoms with Crippen LogP contribution in [0.2, 0.25) is 0 Å². The van der Waals surface area contributed by atoms with Crippen molar-refractivity contribution >= 4 is 11.8 Å². The molecule has 2 fully saturated rings. The number of alkyl halides is 3. The second-order valence-corrected chi connectivity index (χ2v) is 8.89. The number of anilines is 2. The molecule has 0 amide bonds. The quantitative estimate of drug-likeness (QED) is 0.510. The van der Waals surface area contributed by atoms with Gasteiger partial charge in [-0.3, -0.25) is 0 Å². The van der Waals surface area contributed by atoms with Gasteiger partial charge in [-0.25, -0.2) is 23.4 Å². The van der Waals surface area contributed by atoms with E-state index in [9.17, 15) is 22.0 Å². The van der Waals surface area contributed by atoms with Crippen molar-refractivity contribution in [1.29, 1.82) is 0 Å². The molecule has 3 atom stereocenters. The topological polar surface area (TPSA) is 81.0 Å². The van der Waals surface area contributed by atoms with E-state index in [1.165, 1.54) is 6.33 Å². The van der Waals surface area contributed by atoms with Gasteiger partial charge in [0.05, 0.1) is 0 Å². The standard InChI is InChI=1S/C22H22F5N7O/c1-12-4-18(29-11-28-12)33-8-13-2-3-14(9-33)19(13)30-20-31-21(34(32-20)10-22(25,26)27)35-17-6-15(23)5-16(24)7-17/h4-7,11,13-14,19H,2-3,8-10H2,1H3,(H,30,32)/t13-,14+,19-. The second kappa shape index (κ2) is 8.93. The summed E-state index contributed by atoms with van der Waals surface area (Å²) < 4.78 is 72.2. The maximum atomic E-state index is 13.5. The van der Waals surface area contributed by atoms with Crippen LogP contribution in [0.3, 0.4) is 0 Å². The third-order valence-electron chi connectivity index (χ3n) is 6.25. The van der Waals surface area contributed by atoms with Crippen molar-refractivity contribution in [2.75, 3.05) is 23.3 Å². The summed E-state index contributed by atoms with van der Waals surface area (Å²) in [7, 11) is 0. The lowest BCUT2D eigenvalue weighted by Crippen LogP contribution is -2.48. The van der Waals surface area contributed by atoms with Gasteiger partial charge in [-0.1, -0.05) is 0 Å². The molecule has 2 bridgehead atoms. The van der Waals surface area contributed by atoms with Gasteiger partial charge in [0.15, 0.2) is 0 Å². The Morgan fingerprint density at radius 3 is 2.34 bits per heavy atom. The van der Waals surface area contributed by atoms with E-state index >= 15 is 0 Å². The van der Waals surface area contributed by atoms with Crippen LogP contribution < -0.4 is 15.0 Å². The van der Waals surface area contributed by atoms with Crippen molar-refractivity contribution in [3.05, 3.63) is 47.9 Å². The van der Waals surface area contributed by atoms with Crippen LogP contribution in [0.5, 0.6) is 11.8 Å². The number of aromatic nitrogens is 5. The minimum absolute atomic E-state index is 0.0330. The van der Waals surface area contributed by atoms with E-state index in [-0.39, 0.29) is 29.6 Å². The van der Waals surface area contributed by atoms with Gasteiger partial charge in [0, 0.05) is 49.1 Å². The molecule has 1 saturated heterocycles. The minimum Gasteiger partial charge on any atom is -0.424 e.